The average molecular weight is 343 g/mol. The van der Waals surface area contributed by atoms with E-state index in [1.54, 1.807) is 11.9 Å². The molecule has 6 heteroatoms. The van der Waals surface area contributed by atoms with Crippen LogP contribution in [0.1, 0.15) is 42.1 Å². The smallest absolute Gasteiger partial charge is 0.240 e. The maximum Gasteiger partial charge on any atom is 0.240 e. The summed E-state index contributed by atoms with van der Waals surface area (Å²) in [5.74, 6) is 1.71. The van der Waals surface area contributed by atoms with Crippen LogP contribution in [-0.4, -0.2) is 35.5 Å². The summed E-state index contributed by atoms with van der Waals surface area (Å²) in [7, 11) is 1.77. The first-order valence-corrected chi connectivity index (χ1v) is 8.60. The number of hydrogen-bond donors (Lipinski definition) is 3. The third-order valence-electron chi connectivity index (χ3n) is 4.60. The van der Waals surface area contributed by atoms with E-state index in [2.05, 4.69) is 10.9 Å². The molecule has 2 aromatic rings. The zero-order valence-corrected chi connectivity index (χ0v) is 14.6. The van der Waals surface area contributed by atoms with Crippen molar-refractivity contribution in [2.24, 2.45) is 0 Å². The van der Waals surface area contributed by atoms with Crippen LogP contribution in [0.3, 0.4) is 0 Å². The molecule has 1 fully saturated rings. The van der Waals surface area contributed by atoms with E-state index in [0.29, 0.717) is 19.4 Å². The zero-order chi connectivity index (χ0) is 17.8. The molecule has 6 nitrogen and oxygen atoms in total. The van der Waals surface area contributed by atoms with E-state index in [1.165, 1.54) is 0 Å². The van der Waals surface area contributed by atoms with Crippen LogP contribution in [0.2, 0.25) is 0 Å². The number of rotatable bonds is 6. The molecule has 1 amide bonds. The molecule has 0 bridgehead atoms. The zero-order valence-electron chi connectivity index (χ0n) is 14.6. The molecular weight excluding hydrogens is 318 g/mol. The van der Waals surface area contributed by atoms with Crippen molar-refractivity contribution >= 4 is 5.91 Å². The van der Waals surface area contributed by atoms with Gasteiger partial charge in [-0.05, 0) is 37.5 Å². The first-order valence-electron chi connectivity index (χ1n) is 8.60. The maximum atomic E-state index is 12.6. The van der Waals surface area contributed by atoms with Crippen LogP contribution in [0.5, 0.6) is 0 Å². The number of nitrogens with one attached hydrogen (secondary N) is 2. The van der Waals surface area contributed by atoms with Gasteiger partial charge in [0.25, 0.3) is 0 Å². The van der Waals surface area contributed by atoms with Crippen molar-refractivity contribution in [3.05, 3.63) is 59.5 Å². The highest BCUT2D eigenvalue weighted by molar-refractivity contribution is 5.82. The second-order valence-corrected chi connectivity index (χ2v) is 6.55. The highest BCUT2D eigenvalue weighted by atomic mass is 16.3. The van der Waals surface area contributed by atoms with E-state index in [-0.39, 0.29) is 18.0 Å². The summed E-state index contributed by atoms with van der Waals surface area (Å²) >= 11 is 0. The lowest BCUT2D eigenvalue weighted by atomic mass is 10.1. The predicted molar refractivity (Wildman–Crippen MR) is 94.5 cm³/mol. The minimum Gasteiger partial charge on any atom is -0.465 e. The van der Waals surface area contributed by atoms with Crippen LogP contribution in [0.25, 0.3) is 0 Å². The molecule has 3 rings (SSSR count). The summed E-state index contributed by atoms with van der Waals surface area (Å²) < 4.78 is 5.62. The summed E-state index contributed by atoms with van der Waals surface area (Å²) in [4.78, 5) is 14.3. The van der Waals surface area contributed by atoms with Gasteiger partial charge in [0, 0.05) is 13.6 Å². The fraction of sp³-hybridized carbons (Fsp3) is 0.421. The van der Waals surface area contributed by atoms with Gasteiger partial charge in [-0.15, -0.1) is 0 Å². The van der Waals surface area contributed by atoms with Crippen LogP contribution < -0.4 is 10.9 Å². The Balaban J connectivity index is 1.49. The van der Waals surface area contributed by atoms with Gasteiger partial charge in [0.15, 0.2) is 0 Å². The second kappa shape index (κ2) is 7.82. The lowest BCUT2D eigenvalue weighted by Gasteiger charge is -2.22. The molecule has 0 spiro atoms. The lowest BCUT2D eigenvalue weighted by molar-refractivity contribution is -0.132. The Morgan fingerprint density at radius 1 is 1.28 bits per heavy atom. The van der Waals surface area contributed by atoms with E-state index in [4.69, 9.17) is 4.42 Å². The predicted octanol–water partition coefficient (Wildman–Crippen LogP) is 2.08. The summed E-state index contributed by atoms with van der Waals surface area (Å²) in [6, 6.07) is 13.1. The van der Waals surface area contributed by atoms with Gasteiger partial charge < -0.3 is 14.4 Å². The van der Waals surface area contributed by atoms with Crippen LogP contribution in [0.15, 0.2) is 46.9 Å². The number of hydrazine groups is 1. The van der Waals surface area contributed by atoms with E-state index >= 15 is 0 Å². The molecule has 3 atom stereocenters. The van der Waals surface area contributed by atoms with Gasteiger partial charge in [-0.2, -0.15) is 0 Å². The monoisotopic (exact) mass is 343 g/mol. The van der Waals surface area contributed by atoms with Gasteiger partial charge in [-0.1, -0.05) is 30.3 Å². The molecule has 1 saturated heterocycles. The number of furan rings is 1. The molecule has 1 aromatic heterocycles. The minimum atomic E-state index is -0.565. The molecule has 134 valence electrons. The average Bonchev–Trinajstić information content (AvgIpc) is 3.28. The van der Waals surface area contributed by atoms with E-state index in [9.17, 15) is 9.90 Å². The fourth-order valence-corrected chi connectivity index (χ4v) is 3.08. The Labute approximate surface area is 147 Å². The maximum absolute atomic E-state index is 12.6. The molecule has 0 saturated carbocycles. The Morgan fingerprint density at radius 2 is 2.04 bits per heavy atom. The molecular formula is C19H25N3O3. The highest BCUT2D eigenvalue weighted by Crippen LogP contribution is 2.25. The van der Waals surface area contributed by atoms with Crippen molar-refractivity contribution in [3.8, 4) is 0 Å². The molecule has 1 aromatic carbocycles. The third-order valence-corrected chi connectivity index (χ3v) is 4.60. The standard InChI is InChI=1S/C19H25N3O3/c1-13-8-9-18(25-13)15-12-16(21-20-15)19(24)22(2)11-10-17(23)14-6-4-3-5-7-14/h3-9,15-17,20-21,23H,10-12H2,1-2H3. The van der Waals surface area contributed by atoms with Crippen LogP contribution >= 0.6 is 0 Å². The molecule has 1 aliphatic heterocycles. The fourth-order valence-electron chi connectivity index (χ4n) is 3.08. The Morgan fingerprint density at radius 3 is 2.72 bits per heavy atom. The lowest BCUT2D eigenvalue weighted by Crippen LogP contribution is -2.44. The van der Waals surface area contributed by atoms with Crippen LogP contribution in [0, 0.1) is 6.92 Å². The number of hydrogen-bond acceptors (Lipinski definition) is 5. The van der Waals surface area contributed by atoms with Gasteiger partial charge in [0.2, 0.25) is 5.91 Å². The number of aliphatic hydroxyl groups excluding tert-OH is 1. The summed E-state index contributed by atoms with van der Waals surface area (Å²) in [5, 5.41) is 10.2. The quantitative estimate of drug-likeness (QED) is 0.748. The number of nitrogens with zero attached hydrogens (tertiary/aromatic N) is 1. The molecule has 3 N–H and O–H groups in total. The minimum absolute atomic E-state index is 0.00837. The van der Waals surface area contributed by atoms with Gasteiger partial charge in [-0.25, -0.2) is 10.9 Å². The normalized spacial score (nSPS) is 21.2. The molecule has 0 aliphatic carbocycles. The SMILES string of the molecule is Cc1ccc(C2CC(C(=O)N(C)CCC(O)c3ccccc3)NN2)o1. The third kappa shape index (κ3) is 4.28. The Kier molecular flexibility index (Phi) is 5.53. The first-order chi connectivity index (χ1) is 12.0. The van der Waals surface area contributed by atoms with E-state index in [0.717, 1.165) is 17.1 Å². The highest BCUT2D eigenvalue weighted by Gasteiger charge is 2.33. The first kappa shape index (κ1) is 17.7. The molecule has 25 heavy (non-hydrogen) atoms. The Bertz CT molecular complexity index is 701. The second-order valence-electron chi connectivity index (χ2n) is 6.55. The Hall–Kier alpha value is -2.15. The van der Waals surface area contributed by atoms with Crippen LogP contribution in [0.4, 0.5) is 0 Å². The number of carbonyl (C=O) groups excluding carboxylic acids is 1. The van der Waals surface area contributed by atoms with Crippen molar-refractivity contribution in [1.82, 2.24) is 15.8 Å². The van der Waals surface area contributed by atoms with Gasteiger partial charge in [-0.3, -0.25) is 4.79 Å². The van der Waals surface area contributed by atoms with Crippen molar-refractivity contribution in [2.75, 3.05) is 13.6 Å². The molecule has 2 heterocycles. The number of carbonyl (C=O) groups is 1. The van der Waals surface area contributed by atoms with Gasteiger partial charge in [0.1, 0.15) is 17.6 Å². The molecule has 0 radical (unpaired) electrons. The number of likely N-dealkylation sites (N-methyl/N-ethyl adjacent to an activating group) is 1. The van der Waals surface area contributed by atoms with E-state index in [1.807, 2.05) is 49.4 Å². The summed E-state index contributed by atoms with van der Waals surface area (Å²) in [6.07, 6.45) is 0.579. The van der Waals surface area contributed by atoms with Crippen LogP contribution in [-0.2, 0) is 4.79 Å². The van der Waals surface area contributed by atoms with Crippen molar-refractivity contribution in [2.45, 2.75) is 38.0 Å². The number of aryl methyl sites for hydroxylation is 1. The van der Waals surface area contributed by atoms with Crippen molar-refractivity contribution < 1.29 is 14.3 Å². The van der Waals surface area contributed by atoms with E-state index < -0.39 is 6.10 Å². The molecule has 3 unspecified atom stereocenters. The number of aliphatic hydroxyl groups is 1. The van der Waals surface area contributed by atoms with Gasteiger partial charge >= 0.3 is 0 Å². The van der Waals surface area contributed by atoms with Gasteiger partial charge in [0.05, 0.1) is 12.1 Å². The van der Waals surface area contributed by atoms with Crippen molar-refractivity contribution in [3.63, 3.8) is 0 Å². The largest absolute Gasteiger partial charge is 0.465 e. The topological polar surface area (TPSA) is 77.7 Å². The van der Waals surface area contributed by atoms with Crippen molar-refractivity contribution in [1.29, 1.82) is 0 Å². The summed E-state index contributed by atoms with van der Waals surface area (Å²) in [6.45, 7) is 2.40. The number of amides is 1. The number of benzene rings is 1. The molecule has 1 aliphatic rings. The summed E-state index contributed by atoms with van der Waals surface area (Å²) in [5.41, 5.74) is 7.05.